The van der Waals surface area contributed by atoms with Crippen LogP contribution in [0.15, 0.2) is 30.5 Å². The number of amides is 3. The van der Waals surface area contributed by atoms with Crippen LogP contribution >= 0.6 is 0 Å². The van der Waals surface area contributed by atoms with Gasteiger partial charge in [-0.25, -0.2) is 18.0 Å². The highest BCUT2D eigenvalue weighted by Crippen LogP contribution is 2.29. The van der Waals surface area contributed by atoms with Gasteiger partial charge in [0, 0.05) is 29.4 Å². The van der Waals surface area contributed by atoms with Crippen LogP contribution < -0.4 is 21.1 Å². The molecule has 244 valence electrons. The summed E-state index contributed by atoms with van der Waals surface area (Å²) in [5, 5.41) is 5.58. The highest BCUT2D eigenvalue weighted by Gasteiger charge is 2.34. The molecule has 0 radical (unpaired) electrons. The van der Waals surface area contributed by atoms with E-state index < -0.39 is 82.9 Å². The molecule has 14 heteroatoms. The Bertz CT molecular complexity index is 1520. The third kappa shape index (κ3) is 9.02. The van der Waals surface area contributed by atoms with Gasteiger partial charge in [-0.2, -0.15) is 8.78 Å². The summed E-state index contributed by atoms with van der Waals surface area (Å²) in [4.78, 5) is 54.2. The summed E-state index contributed by atoms with van der Waals surface area (Å²) in [7, 11) is 0. The highest BCUT2D eigenvalue weighted by atomic mass is 19.2. The third-order valence-electron chi connectivity index (χ3n) is 7.30. The van der Waals surface area contributed by atoms with Gasteiger partial charge in [-0.05, 0) is 18.1 Å². The Morgan fingerprint density at radius 1 is 0.844 bits per heavy atom. The number of esters is 1. The first-order valence-electron chi connectivity index (χ1n) is 14.5. The second-order valence-electron chi connectivity index (χ2n) is 10.8. The number of rotatable bonds is 16. The van der Waals surface area contributed by atoms with Crippen LogP contribution in [0.25, 0.3) is 10.9 Å². The second kappa shape index (κ2) is 16.0. The van der Waals surface area contributed by atoms with Gasteiger partial charge in [-0.3, -0.25) is 14.4 Å². The smallest absolute Gasteiger partial charge is 0.334 e. The van der Waals surface area contributed by atoms with Gasteiger partial charge in [0.2, 0.25) is 52.6 Å². The molecule has 1 unspecified atom stereocenters. The number of carbonyl (C=O) groups is 4. The average molecular weight is 639 g/mol. The summed E-state index contributed by atoms with van der Waals surface area (Å²) in [5.41, 5.74) is 6.55. The topological polar surface area (TPSA) is 143 Å². The summed E-state index contributed by atoms with van der Waals surface area (Å²) in [5.74, 6) is -18.8. The van der Waals surface area contributed by atoms with Crippen molar-refractivity contribution < 1.29 is 45.9 Å². The number of primary amides is 1. The van der Waals surface area contributed by atoms with Gasteiger partial charge in [0.05, 0.1) is 6.42 Å². The lowest BCUT2D eigenvalue weighted by molar-refractivity contribution is -0.142. The molecule has 0 aliphatic heterocycles. The van der Waals surface area contributed by atoms with Crippen molar-refractivity contribution in [2.24, 2.45) is 11.7 Å². The van der Waals surface area contributed by atoms with Gasteiger partial charge in [0.25, 0.3) is 0 Å². The molecule has 3 aromatic rings. The molecule has 2 aromatic carbocycles. The van der Waals surface area contributed by atoms with Crippen molar-refractivity contribution in [1.29, 1.82) is 0 Å². The molecule has 3 amide bonds. The first-order chi connectivity index (χ1) is 21.3. The van der Waals surface area contributed by atoms with Gasteiger partial charge in [-0.1, -0.05) is 64.2 Å². The largest absolute Gasteiger partial charge is 0.418 e. The predicted octanol–water partition coefficient (Wildman–Crippen LogP) is 4.85. The number of aromatic amines is 1. The number of aromatic nitrogens is 1. The van der Waals surface area contributed by atoms with Crippen LogP contribution in [0.4, 0.5) is 22.0 Å². The van der Waals surface area contributed by atoms with E-state index in [0.29, 0.717) is 12.0 Å². The Hall–Kier alpha value is -4.49. The molecule has 9 nitrogen and oxygen atoms in total. The summed E-state index contributed by atoms with van der Waals surface area (Å²) < 4.78 is 73.5. The number of nitrogens with two attached hydrogens (primary N) is 1. The number of halogens is 5. The summed E-state index contributed by atoms with van der Waals surface area (Å²) in [6.07, 6.45) is 6.03. The normalized spacial score (nSPS) is 13.2. The predicted molar refractivity (Wildman–Crippen MR) is 154 cm³/mol. The molecule has 1 heterocycles. The van der Waals surface area contributed by atoms with Crippen molar-refractivity contribution in [3.8, 4) is 5.75 Å². The van der Waals surface area contributed by atoms with E-state index in [4.69, 9.17) is 5.73 Å². The Balaban J connectivity index is 1.84. The van der Waals surface area contributed by atoms with E-state index in [-0.39, 0.29) is 6.42 Å². The van der Waals surface area contributed by atoms with Gasteiger partial charge in [0.15, 0.2) is 0 Å². The Morgan fingerprint density at radius 2 is 1.44 bits per heavy atom. The van der Waals surface area contributed by atoms with Crippen molar-refractivity contribution in [2.45, 2.75) is 77.3 Å². The first-order valence-corrected chi connectivity index (χ1v) is 14.5. The molecule has 1 aromatic heterocycles. The number of hydrogen-bond acceptors (Lipinski definition) is 5. The number of benzene rings is 2. The van der Waals surface area contributed by atoms with Crippen LogP contribution in [0.3, 0.4) is 0 Å². The molecule has 5 N–H and O–H groups in total. The zero-order chi connectivity index (χ0) is 33.3. The van der Waals surface area contributed by atoms with Crippen LogP contribution in [0.5, 0.6) is 5.75 Å². The minimum absolute atomic E-state index is 0.0826. The van der Waals surface area contributed by atoms with E-state index in [1.165, 1.54) is 0 Å². The summed E-state index contributed by atoms with van der Waals surface area (Å²) >= 11 is 0. The van der Waals surface area contributed by atoms with Crippen molar-refractivity contribution in [2.75, 3.05) is 0 Å². The first kappa shape index (κ1) is 35.0. The van der Waals surface area contributed by atoms with Crippen LogP contribution in [-0.4, -0.2) is 40.8 Å². The highest BCUT2D eigenvalue weighted by molar-refractivity contribution is 5.94. The fourth-order valence-corrected chi connectivity index (χ4v) is 4.74. The van der Waals surface area contributed by atoms with Gasteiger partial charge in [-0.15, -0.1) is 0 Å². The zero-order valence-electron chi connectivity index (χ0n) is 24.8. The van der Waals surface area contributed by atoms with Crippen LogP contribution in [0.1, 0.15) is 64.4 Å². The van der Waals surface area contributed by atoms with Crippen molar-refractivity contribution in [3.63, 3.8) is 0 Å². The number of carbonyl (C=O) groups excluding carboxylic acids is 4. The Labute approximate surface area is 256 Å². The Morgan fingerprint density at radius 3 is 2.09 bits per heavy atom. The maximum atomic E-state index is 14.2. The molecule has 45 heavy (non-hydrogen) atoms. The van der Waals surface area contributed by atoms with E-state index >= 15 is 0 Å². The van der Waals surface area contributed by atoms with E-state index in [9.17, 15) is 41.1 Å². The number of nitrogens with one attached hydrogen (secondary N) is 3. The Kier molecular flexibility index (Phi) is 12.4. The van der Waals surface area contributed by atoms with Crippen LogP contribution in [-0.2, 0) is 25.6 Å². The number of hydrogen-bond donors (Lipinski definition) is 4. The van der Waals surface area contributed by atoms with Gasteiger partial charge >= 0.3 is 5.97 Å². The van der Waals surface area contributed by atoms with Gasteiger partial charge in [0.1, 0.15) is 12.1 Å². The molecule has 0 saturated carbocycles. The van der Waals surface area contributed by atoms with E-state index in [1.54, 1.807) is 37.4 Å². The van der Waals surface area contributed by atoms with E-state index in [0.717, 1.165) is 43.0 Å². The monoisotopic (exact) mass is 638 g/mol. The molecule has 0 aliphatic rings. The average Bonchev–Trinajstić information content (AvgIpc) is 3.42. The fourth-order valence-electron chi connectivity index (χ4n) is 4.74. The van der Waals surface area contributed by atoms with Gasteiger partial charge < -0.3 is 26.1 Å². The molecule has 3 atom stereocenters. The minimum atomic E-state index is -2.47. The number of H-pyrrole nitrogens is 1. The summed E-state index contributed by atoms with van der Waals surface area (Å²) in [6, 6.07) is 3.81. The minimum Gasteiger partial charge on any atom is -0.418 e. The van der Waals surface area contributed by atoms with Crippen LogP contribution in [0.2, 0.25) is 0 Å². The van der Waals surface area contributed by atoms with Crippen LogP contribution in [0, 0.1) is 35.0 Å². The zero-order valence-corrected chi connectivity index (χ0v) is 24.8. The van der Waals surface area contributed by atoms with E-state index in [1.807, 2.05) is 0 Å². The third-order valence-corrected chi connectivity index (χ3v) is 7.30. The SMILES string of the molecule is CCCCCCCC(C)C(=O)N[C@@H](Cc1c[nH]c2ccccc12)C(=O)N[C@@H](CC(N)=O)C(=O)Oc1c(F)c(F)c(F)c(F)c1F. The number of ether oxygens (including phenoxy) is 1. The molecule has 0 fully saturated rings. The molecule has 0 aliphatic carbocycles. The van der Waals surface area contributed by atoms with E-state index in [2.05, 4.69) is 27.3 Å². The molecule has 0 spiro atoms. The molecule has 0 bridgehead atoms. The number of para-hydroxylation sites is 1. The van der Waals surface area contributed by atoms with Crippen molar-refractivity contribution in [3.05, 3.63) is 65.1 Å². The number of fused-ring (bicyclic) bond motifs is 1. The van der Waals surface area contributed by atoms with Crippen molar-refractivity contribution in [1.82, 2.24) is 15.6 Å². The lowest BCUT2D eigenvalue weighted by Gasteiger charge is -2.23. The van der Waals surface area contributed by atoms with Crippen molar-refractivity contribution >= 4 is 34.6 Å². The maximum Gasteiger partial charge on any atom is 0.334 e. The summed E-state index contributed by atoms with van der Waals surface area (Å²) in [6.45, 7) is 3.79. The molecular formula is C31H35F5N4O5. The maximum absolute atomic E-state index is 14.2. The quantitative estimate of drug-likeness (QED) is 0.0443. The molecular weight excluding hydrogens is 603 g/mol. The molecule has 0 saturated heterocycles. The second-order valence-corrected chi connectivity index (χ2v) is 10.8. The standard InChI is InChI=1S/C31H35F5N4O5/c1-3-4-5-6-7-10-16(2)29(42)39-20(13-17-15-38-19-12-9-8-11-18(17)19)30(43)40-21(14-22(37)41)31(44)45-28-26(35)24(33)23(32)25(34)27(28)36/h8-9,11-12,15-16,20-21,38H,3-7,10,13-14H2,1-2H3,(H2,37,41)(H,39,42)(H,40,43)/t16?,20-,21-/m0/s1. The molecule has 3 rings (SSSR count). The number of unbranched alkanes of at least 4 members (excludes halogenated alkanes) is 4. The lowest BCUT2D eigenvalue weighted by atomic mass is 9.99. The lowest BCUT2D eigenvalue weighted by Crippen LogP contribution is -2.54. The fraction of sp³-hybridized carbons (Fsp3) is 0.419.